The van der Waals surface area contributed by atoms with Gasteiger partial charge in [0.1, 0.15) is 0 Å². The minimum atomic E-state index is 0.616. The zero-order chi connectivity index (χ0) is 6.69. The van der Waals surface area contributed by atoms with Crippen molar-refractivity contribution in [2.24, 2.45) is 5.92 Å². The highest BCUT2D eigenvalue weighted by Crippen LogP contribution is 2.37. The molecule has 0 aromatic carbocycles. The van der Waals surface area contributed by atoms with E-state index in [4.69, 9.17) is 12.6 Å². The van der Waals surface area contributed by atoms with Gasteiger partial charge in [-0.15, -0.1) is 0 Å². The van der Waals surface area contributed by atoms with E-state index in [2.05, 4.69) is 6.92 Å². The maximum absolute atomic E-state index is 5.29. The second-order valence-electron chi connectivity index (χ2n) is 3.02. The molecule has 0 aromatic heterocycles. The molecule has 1 aliphatic rings. The van der Waals surface area contributed by atoms with Gasteiger partial charge in [-0.05, 0) is 25.2 Å². The fourth-order valence-corrected chi connectivity index (χ4v) is 1.55. The van der Waals surface area contributed by atoms with Crippen molar-refractivity contribution in [3.8, 4) is 0 Å². The molecule has 1 unspecified atom stereocenters. The highest BCUT2D eigenvalue weighted by atomic mass is 32.1. The maximum Gasteiger partial charge on any atom is 0.0179 e. The third-order valence-electron chi connectivity index (χ3n) is 1.99. The largest absolute Gasteiger partial charge is 0.0901 e. The first-order valence-corrected chi connectivity index (χ1v) is 4.47. The van der Waals surface area contributed by atoms with E-state index in [9.17, 15) is 0 Å². The molecule has 1 rings (SSSR count). The monoisotopic (exact) mass is 143 g/mol. The summed E-state index contributed by atoms with van der Waals surface area (Å²) in [5.74, 6) is 0.937. The van der Waals surface area contributed by atoms with E-state index in [0.29, 0.717) is 5.25 Å². The van der Waals surface area contributed by atoms with Crippen LogP contribution in [0.4, 0.5) is 0 Å². The van der Waals surface area contributed by atoms with Gasteiger partial charge in [-0.25, -0.2) is 0 Å². The topological polar surface area (TPSA) is 0 Å². The molecule has 9 heavy (non-hydrogen) atoms. The standard InChI is InChI=1S/C8H15S/c1-2-3-4-8(9)7-5-6-7/h7-8H,2-6H2,1H3. The summed E-state index contributed by atoms with van der Waals surface area (Å²) in [5.41, 5.74) is 0. The van der Waals surface area contributed by atoms with Gasteiger partial charge in [0.15, 0.2) is 0 Å². The summed E-state index contributed by atoms with van der Waals surface area (Å²) < 4.78 is 0. The van der Waals surface area contributed by atoms with Gasteiger partial charge < -0.3 is 0 Å². The SMILES string of the molecule is CCCCC([S])C1CC1. The summed E-state index contributed by atoms with van der Waals surface area (Å²) in [6.45, 7) is 2.23. The van der Waals surface area contributed by atoms with Crippen molar-refractivity contribution in [3.63, 3.8) is 0 Å². The van der Waals surface area contributed by atoms with Gasteiger partial charge in [-0.1, -0.05) is 32.4 Å². The van der Waals surface area contributed by atoms with Crippen LogP contribution in [0.15, 0.2) is 0 Å². The van der Waals surface area contributed by atoms with Crippen LogP contribution in [0.25, 0.3) is 0 Å². The Labute approximate surface area is 63.4 Å². The summed E-state index contributed by atoms with van der Waals surface area (Å²) in [6, 6.07) is 0. The van der Waals surface area contributed by atoms with E-state index in [1.807, 2.05) is 0 Å². The molecule has 1 fully saturated rings. The average molecular weight is 143 g/mol. The molecule has 53 valence electrons. The lowest BCUT2D eigenvalue weighted by atomic mass is 10.1. The Balaban J connectivity index is 1.96. The van der Waals surface area contributed by atoms with Gasteiger partial charge in [0.25, 0.3) is 0 Å². The first-order chi connectivity index (χ1) is 4.34. The molecule has 0 nitrogen and oxygen atoms in total. The quantitative estimate of drug-likeness (QED) is 0.567. The maximum atomic E-state index is 5.29. The minimum absolute atomic E-state index is 0.616. The van der Waals surface area contributed by atoms with E-state index in [0.717, 1.165) is 5.92 Å². The van der Waals surface area contributed by atoms with Gasteiger partial charge in [0.2, 0.25) is 0 Å². The third-order valence-corrected chi connectivity index (χ3v) is 2.61. The van der Waals surface area contributed by atoms with E-state index in [1.165, 1.54) is 32.1 Å². The fraction of sp³-hybridized carbons (Fsp3) is 1.00. The van der Waals surface area contributed by atoms with Gasteiger partial charge >= 0.3 is 0 Å². The minimum Gasteiger partial charge on any atom is -0.0901 e. The van der Waals surface area contributed by atoms with Crippen molar-refractivity contribution >= 4 is 12.6 Å². The van der Waals surface area contributed by atoms with Crippen molar-refractivity contribution in [1.82, 2.24) is 0 Å². The van der Waals surface area contributed by atoms with Crippen LogP contribution in [-0.2, 0) is 0 Å². The van der Waals surface area contributed by atoms with Crippen LogP contribution in [0.5, 0.6) is 0 Å². The molecule has 1 heteroatoms. The molecule has 0 saturated heterocycles. The van der Waals surface area contributed by atoms with E-state index in [1.54, 1.807) is 0 Å². The Morgan fingerprint density at radius 2 is 2.22 bits per heavy atom. The normalized spacial score (nSPS) is 22.0. The van der Waals surface area contributed by atoms with Crippen LogP contribution in [-0.4, -0.2) is 5.25 Å². The Morgan fingerprint density at radius 3 is 2.67 bits per heavy atom. The average Bonchev–Trinajstić information content (AvgIpc) is 2.63. The lowest BCUT2D eigenvalue weighted by Crippen LogP contribution is -1.99. The van der Waals surface area contributed by atoms with Gasteiger partial charge in [0.05, 0.1) is 0 Å². The zero-order valence-corrected chi connectivity index (χ0v) is 6.91. The Kier molecular flexibility index (Phi) is 2.90. The molecule has 0 spiro atoms. The van der Waals surface area contributed by atoms with E-state index < -0.39 is 0 Å². The Hall–Kier alpha value is 0.350. The molecule has 0 amide bonds. The second kappa shape index (κ2) is 3.50. The number of hydrogen-bond acceptors (Lipinski definition) is 0. The molecule has 1 atom stereocenters. The molecule has 1 radical (unpaired) electrons. The number of unbranched alkanes of at least 4 members (excludes halogenated alkanes) is 1. The summed E-state index contributed by atoms with van der Waals surface area (Å²) in [5, 5.41) is 0.616. The van der Waals surface area contributed by atoms with Crippen molar-refractivity contribution in [2.45, 2.75) is 44.3 Å². The fourth-order valence-electron chi connectivity index (χ4n) is 1.11. The lowest BCUT2D eigenvalue weighted by Gasteiger charge is -2.04. The van der Waals surface area contributed by atoms with Crippen LogP contribution in [0.3, 0.4) is 0 Å². The van der Waals surface area contributed by atoms with Crippen molar-refractivity contribution < 1.29 is 0 Å². The molecule has 0 heterocycles. The highest BCUT2D eigenvalue weighted by Gasteiger charge is 2.28. The van der Waals surface area contributed by atoms with Crippen LogP contribution in [0, 0.1) is 5.92 Å². The van der Waals surface area contributed by atoms with Crippen LogP contribution in [0.2, 0.25) is 0 Å². The third kappa shape index (κ3) is 2.61. The summed E-state index contributed by atoms with van der Waals surface area (Å²) in [7, 11) is 0. The van der Waals surface area contributed by atoms with Crippen molar-refractivity contribution in [1.29, 1.82) is 0 Å². The Bertz CT molecular complexity index is 76.6. The summed E-state index contributed by atoms with van der Waals surface area (Å²) in [6.07, 6.45) is 6.76. The van der Waals surface area contributed by atoms with E-state index >= 15 is 0 Å². The number of rotatable bonds is 4. The summed E-state index contributed by atoms with van der Waals surface area (Å²) in [4.78, 5) is 0. The smallest absolute Gasteiger partial charge is 0.0179 e. The van der Waals surface area contributed by atoms with Crippen molar-refractivity contribution in [2.75, 3.05) is 0 Å². The molecule has 0 aromatic rings. The lowest BCUT2D eigenvalue weighted by molar-refractivity contribution is 0.639. The van der Waals surface area contributed by atoms with Crippen LogP contribution in [0.1, 0.15) is 39.0 Å². The second-order valence-corrected chi connectivity index (χ2v) is 3.62. The summed E-state index contributed by atoms with van der Waals surface area (Å²) >= 11 is 5.29. The molecule has 0 bridgehead atoms. The first-order valence-electron chi connectivity index (χ1n) is 4.00. The predicted molar refractivity (Wildman–Crippen MR) is 43.6 cm³/mol. The van der Waals surface area contributed by atoms with Gasteiger partial charge in [0, 0.05) is 5.25 Å². The molecule has 0 aliphatic heterocycles. The first kappa shape index (κ1) is 7.46. The van der Waals surface area contributed by atoms with Crippen molar-refractivity contribution in [3.05, 3.63) is 0 Å². The van der Waals surface area contributed by atoms with E-state index in [-0.39, 0.29) is 0 Å². The molecule has 1 saturated carbocycles. The van der Waals surface area contributed by atoms with Crippen LogP contribution < -0.4 is 0 Å². The van der Waals surface area contributed by atoms with Crippen LogP contribution >= 0.6 is 12.6 Å². The Morgan fingerprint density at radius 1 is 1.56 bits per heavy atom. The van der Waals surface area contributed by atoms with Gasteiger partial charge in [-0.3, -0.25) is 0 Å². The number of hydrogen-bond donors (Lipinski definition) is 0. The molecule has 1 aliphatic carbocycles. The predicted octanol–water partition coefficient (Wildman–Crippen LogP) is 3.15. The zero-order valence-electron chi connectivity index (χ0n) is 6.10. The highest BCUT2D eigenvalue weighted by molar-refractivity contribution is 7.81. The molecular formula is C8H15S. The molecule has 0 N–H and O–H groups in total. The van der Waals surface area contributed by atoms with Gasteiger partial charge in [-0.2, -0.15) is 0 Å². The molecular weight excluding hydrogens is 128 g/mol.